The van der Waals surface area contributed by atoms with Crippen molar-refractivity contribution in [2.24, 2.45) is 5.92 Å². The maximum absolute atomic E-state index is 6.07. The molecule has 1 fully saturated rings. The fourth-order valence-electron chi connectivity index (χ4n) is 1.99. The molecule has 3 nitrogen and oxygen atoms in total. The van der Waals surface area contributed by atoms with Gasteiger partial charge in [-0.25, -0.2) is 0 Å². The Labute approximate surface area is 113 Å². The first-order chi connectivity index (χ1) is 7.99. The number of ether oxygens (including phenoxy) is 3. The van der Waals surface area contributed by atoms with Gasteiger partial charge in [-0.2, -0.15) is 0 Å². The molecule has 2 radical (unpaired) electrons. The van der Waals surface area contributed by atoms with Gasteiger partial charge in [0.25, 0.3) is 0 Å². The second-order valence-electron chi connectivity index (χ2n) is 7.12. The summed E-state index contributed by atoms with van der Waals surface area (Å²) in [5, 5.41) is 0. The van der Waals surface area contributed by atoms with E-state index < -0.39 is 0 Å². The Bertz CT molecular complexity index is 267. The van der Waals surface area contributed by atoms with E-state index in [1.165, 1.54) is 0 Å². The Morgan fingerprint density at radius 1 is 1.06 bits per heavy atom. The van der Waals surface area contributed by atoms with E-state index in [4.69, 9.17) is 22.1 Å². The van der Waals surface area contributed by atoms with Gasteiger partial charge in [0, 0.05) is 11.9 Å². The van der Waals surface area contributed by atoms with Crippen molar-refractivity contribution in [2.75, 3.05) is 6.61 Å². The lowest BCUT2D eigenvalue weighted by atomic mass is 9.86. The van der Waals surface area contributed by atoms with Crippen LogP contribution >= 0.6 is 0 Å². The molecule has 0 N–H and O–H groups in total. The van der Waals surface area contributed by atoms with Crippen LogP contribution in [0, 0.1) is 5.92 Å². The summed E-state index contributed by atoms with van der Waals surface area (Å²) in [6, 6.07) is -0.272. The van der Waals surface area contributed by atoms with Gasteiger partial charge in [0.2, 0.25) is 0 Å². The highest BCUT2D eigenvalue weighted by Crippen LogP contribution is 2.31. The molecule has 1 heterocycles. The normalized spacial score (nSPS) is 33.9. The number of hydrogen-bond acceptors (Lipinski definition) is 3. The van der Waals surface area contributed by atoms with Crippen LogP contribution in [-0.2, 0) is 14.2 Å². The van der Waals surface area contributed by atoms with E-state index in [1.807, 2.05) is 41.5 Å². The number of rotatable bonds is 3. The van der Waals surface area contributed by atoms with Gasteiger partial charge in [0.05, 0.1) is 23.9 Å². The van der Waals surface area contributed by atoms with E-state index in [2.05, 4.69) is 6.92 Å². The Morgan fingerprint density at radius 2 is 1.61 bits per heavy atom. The molecule has 0 aromatic heterocycles. The predicted molar refractivity (Wildman–Crippen MR) is 73.9 cm³/mol. The van der Waals surface area contributed by atoms with Crippen molar-refractivity contribution in [3.63, 3.8) is 0 Å². The highest BCUT2D eigenvalue weighted by Gasteiger charge is 2.42. The van der Waals surface area contributed by atoms with Gasteiger partial charge in [-0.1, -0.05) is 6.92 Å². The van der Waals surface area contributed by atoms with Gasteiger partial charge in [0.15, 0.2) is 0 Å². The lowest BCUT2D eigenvalue weighted by Gasteiger charge is -2.31. The average Bonchev–Trinajstić information content (AvgIpc) is 2.39. The van der Waals surface area contributed by atoms with Crippen molar-refractivity contribution in [3.8, 4) is 0 Å². The summed E-state index contributed by atoms with van der Waals surface area (Å²) in [6.07, 6.45) is -0.101. The van der Waals surface area contributed by atoms with Crippen LogP contribution in [0.5, 0.6) is 0 Å². The molecule has 0 aliphatic carbocycles. The van der Waals surface area contributed by atoms with Gasteiger partial charge in [-0.05, 0) is 41.5 Å². The Kier molecular flexibility index (Phi) is 4.90. The van der Waals surface area contributed by atoms with Crippen LogP contribution in [0.2, 0.25) is 0 Å². The van der Waals surface area contributed by atoms with Crippen molar-refractivity contribution in [2.45, 2.75) is 77.9 Å². The van der Waals surface area contributed by atoms with Gasteiger partial charge in [-0.15, -0.1) is 0 Å². The summed E-state index contributed by atoms with van der Waals surface area (Å²) < 4.78 is 17.6. The lowest BCUT2D eigenvalue weighted by Crippen LogP contribution is -2.40. The fraction of sp³-hybridized carbons (Fsp3) is 1.00. The summed E-state index contributed by atoms with van der Waals surface area (Å²) in [7, 11) is 5.96. The summed E-state index contributed by atoms with van der Waals surface area (Å²) in [6.45, 7) is 14.8. The quantitative estimate of drug-likeness (QED) is 0.724. The molecule has 0 aromatic carbocycles. The first-order valence-corrected chi connectivity index (χ1v) is 6.72. The van der Waals surface area contributed by atoms with Crippen molar-refractivity contribution < 1.29 is 14.2 Å². The van der Waals surface area contributed by atoms with Crippen LogP contribution in [0.1, 0.15) is 48.5 Å². The largest absolute Gasteiger partial charge is 0.379 e. The summed E-state index contributed by atoms with van der Waals surface area (Å²) >= 11 is 0. The molecule has 1 aliphatic heterocycles. The molecule has 1 saturated heterocycles. The molecule has 18 heavy (non-hydrogen) atoms. The zero-order chi connectivity index (χ0) is 14.1. The van der Waals surface area contributed by atoms with Crippen LogP contribution in [-0.4, -0.2) is 43.9 Å². The van der Waals surface area contributed by atoms with E-state index in [9.17, 15) is 0 Å². The van der Waals surface area contributed by atoms with Gasteiger partial charge >= 0.3 is 0 Å². The molecule has 0 aromatic rings. The van der Waals surface area contributed by atoms with Crippen LogP contribution in [0.25, 0.3) is 0 Å². The Balaban J connectivity index is 2.64. The highest BCUT2D eigenvalue weighted by atomic mass is 16.6. The Hall–Kier alpha value is -0.0551. The smallest absolute Gasteiger partial charge is 0.109 e. The van der Waals surface area contributed by atoms with E-state index in [0.717, 1.165) is 0 Å². The van der Waals surface area contributed by atoms with Crippen LogP contribution in [0.15, 0.2) is 0 Å². The van der Waals surface area contributed by atoms with E-state index >= 15 is 0 Å². The summed E-state index contributed by atoms with van der Waals surface area (Å²) in [5.74, 6) is 0.179. The molecule has 0 amide bonds. The zero-order valence-corrected chi connectivity index (χ0v) is 12.8. The van der Waals surface area contributed by atoms with Crippen LogP contribution < -0.4 is 0 Å². The molecule has 0 spiro atoms. The minimum Gasteiger partial charge on any atom is -0.379 e. The van der Waals surface area contributed by atoms with E-state index in [-0.39, 0.29) is 35.3 Å². The molecule has 4 heteroatoms. The minimum absolute atomic E-state index is 0.0117. The van der Waals surface area contributed by atoms with Crippen molar-refractivity contribution in [1.29, 1.82) is 0 Å². The Morgan fingerprint density at radius 3 is 2.06 bits per heavy atom. The highest BCUT2D eigenvalue weighted by molar-refractivity contribution is 6.11. The van der Waals surface area contributed by atoms with E-state index in [0.29, 0.717) is 6.61 Å². The zero-order valence-electron chi connectivity index (χ0n) is 12.8. The first-order valence-electron chi connectivity index (χ1n) is 6.72. The van der Waals surface area contributed by atoms with Gasteiger partial charge < -0.3 is 14.2 Å². The van der Waals surface area contributed by atoms with Crippen LogP contribution in [0.3, 0.4) is 0 Å². The topological polar surface area (TPSA) is 27.7 Å². The van der Waals surface area contributed by atoms with Crippen LogP contribution in [0.4, 0.5) is 0 Å². The minimum atomic E-state index is -0.272. The van der Waals surface area contributed by atoms with Gasteiger partial charge in [0.1, 0.15) is 14.0 Å². The maximum atomic E-state index is 6.07. The predicted octanol–water partition coefficient (Wildman–Crippen LogP) is 2.51. The standard InChI is InChI=1S/C14H27BO3/c1-9-11(18-14(5,6)7)10(17-12(9)15)8-16-13(2,3)4/h9-12H,8H2,1-7H3/t9-,10+,11?,12+/m0/s1. The molecular formula is C14H27BO3. The monoisotopic (exact) mass is 254 g/mol. The SMILES string of the molecule is [B][C@@H]1O[C@H](COC(C)(C)C)C(OC(C)(C)C)[C@@H]1C. The molecular weight excluding hydrogens is 227 g/mol. The van der Waals surface area contributed by atoms with Gasteiger partial charge in [-0.3, -0.25) is 0 Å². The third-order valence-electron chi connectivity index (χ3n) is 2.91. The molecule has 0 saturated carbocycles. The average molecular weight is 254 g/mol. The molecule has 1 unspecified atom stereocenters. The lowest BCUT2D eigenvalue weighted by molar-refractivity contribution is -0.129. The van der Waals surface area contributed by atoms with Crippen molar-refractivity contribution >= 4 is 7.85 Å². The molecule has 4 atom stereocenters. The maximum Gasteiger partial charge on any atom is 0.109 e. The molecule has 1 aliphatic rings. The molecule has 1 rings (SSSR count). The number of hydrogen-bond donors (Lipinski definition) is 0. The third kappa shape index (κ3) is 4.91. The third-order valence-corrected chi connectivity index (χ3v) is 2.91. The summed E-state index contributed by atoms with van der Waals surface area (Å²) in [5.41, 5.74) is -0.377. The molecule has 0 bridgehead atoms. The summed E-state index contributed by atoms with van der Waals surface area (Å²) in [4.78, 5) is 0. The second kappa shape index (κ2) is 5.52. The van der Waals surface area contributed by atoms with E-state index in [1.54, 1.807) is 0 Å². The molecule has 104 valence electrons. The van der Waals surface area contributed by atoms with Crippen molar-refractivity contribution in [3.05, 3.63) is 0 Å². The first kappa shape index (κ1) is 16.0. The fourth-order valence-corrected chi connectivity index (χ4v) is 1.99. The van der Waals surface area contributed by atoms with Crippen molar-refractivity contribution in [1.82, 2.24) is 0 Å². The second-order valence-corrected chi connectivity index (χ2v) is 7.12.